The second kappa shape index (κ2) is 6.97. The SMILES string of the molecule is CO[Si](Cl)(CC[Si](OC)(OC)OC)OC. The molecule has 0 saturated heterocycles. The quantitative estimate of drug-likeness (QED) is 0.494. The summed E-state index contributed by atoms with van der Waals surface area (Å²) in [6.45, 7) is 0. The van der Waals surface area contributed by atoms with Gasteiger partial charge in [-0.15, -0.1) is 0 Å². The number of halogens is 1. The molecular formula is C7H19ClO5Si2. The molecule has 0 amide bonds. The van der Waals surface area contributed by atoms with E-state index in [9.17, 15) is 0 Å². The monoisotopic (exact) mass is 274 g/mol. The highest BCUT2D eigenvalue weighted by molar-refractivity contribution is 7.13. The van der Waals surface area contributed by atoms with Crippen LogP contribution in [0, 0.1) is 0 Å². The summed E-state index contributed by atoms with van der Waals surface area (Å²) in [7, 11) is 2.62. The first-order valence-electron chi connectivity index (χ1n) is 4.46. The largest absolute Gasteiger partial charge is 0.500 e. The van der Waals surface area contributed by atoms with Gasteiger partial charge in [0.15, 0.2) is 0 Å². The Morgan fingerprint density at radius 1 is 0.733 bits per heavy atom. The molecule has 0 aliphatic heterocycles. The Kier molecular flexibility index (Phi) is 7.21. The predicted molar refractivity (Wildman–Crippen MR) is 62.0 cm³/mol. The van der Waals surface area contributed by atoms with E-state index < -0.39 is 16.7 Å². The number of hydrogen-bond acceptors (Lipinski definition) is 5. The maximum atomic E-state index is 6.14. The Bertz CT molecular complexity index is 166. The molecule has 0 heterocycles. The van der Waals surface area contributed by atoms with Gasteiger partial charge >= 0.3 is 16.7 Å². The van der Waals surface area contributed by atoms with Crippen molar-refractivity contribution in [2.24, 2.45) is 0 Å². The second-order valence-corrected chi connectivity index (χ2v) is 10.3. The molecule has 0 unspecified atom stereocenters. The average Bonchev–Trinajstić information content (AvgIpc) is 2.31. The Balaban J connectivity index is 4.32. The molecule has 0 aromatic heterocycles. The maximum Gasteiger partial charge on any atom is 0.500 e. The van der Waals surface area contributed by atoms with Crippen LogP contribution in [0.25, 0.3) is 0 Å². The molecule has 0 fully saturated rings. The lowest BCUT2D eigenvalue weighted by atomic mass is 11.0. The lowest BCUT2D eigenvalue weighted by molar-refractivity contribution is 0.124. The fourth-order valence-electron chi connectivity index (χ4n) is 1.15. The van der Waals surface area contributed by atoms with Gasteiger partial charge in [0.25, 0.3) is 0 Å². The standard InChI is InChI=1S/C7H19ClO5Si2/c1-9-14(8,10-2)6-7-15(11-3,12-4)13-5/h6-7H2,1-5H3. The third-order valence-corrected chi connectivity index (χ3v) is 9.06. The zero-order valence-corrected chi connectivity index (χ0v) is 12.6. The molecule has 0 aromatic carbocycles. The van der Waals surface area contributed by atoms with Crippen molar-refractivity contribution in [2.45, 2.75) is 12.1 Å². The van der Waals surface area contributed by atoms with E-state index in [1.165, 1.54) is 0 Å². The highest BCUT2D eigenvalue weighted by Gasteiger charge is 2.43. The minimum atomic E-state index is -2.59. The molecule has 5 nitrogen and oxygen atoms in total. The van der Waals surface area contributed by atoms with Gasteiger partial charge in [0.05, 0.1) is 0 Å². The topological polar surface area (TPSA) is 46.2 Å². The van der Waals surface area contributed by atoms with E-state index in [1.807, 2.05) is 0 Å². The summed E-state index contributed by atoms with van der Waals surface area (Å²) in [5.74, 6) is 0. The van der Waals surface area contributed by atoms with Gasteiger partial charge in [0.2, 0.25) is 0 Å². The minimum Gasteiger partial charge on any atom is -0.386 e. The summed E-state index contributed by atoms with van der Waals surface area (Å²) >= 11 is 6.14. The molecule has 0 aromatic rings. The highest BCUT2D eigenvalue weighted by atomic mass is 35.6. The van der Waals surface area contributed by atoms with Crippen molar-refractivity contribution < 1.29 is 22.1 Å². The van der Waals surface area contributed by atoms with Gasteiger partial charge in [-0.05, 0) is 0 Å². The van der Waals surface area contributed by atoms with Crippen molar-refractivity contribution in [3.8, 4) is 0 Å². The van der Waals surface area contributed by atoms with Gasteiger partial charge in [-0.25, -0.2) is 0 Å². The minimum absolute atomic E-state index is 0.559. The van der Waals surface area contributed by atoms with Crippen LogP contribution in [0.4, 0.5) is 0 Å². The van der Waals surface area contributed by atoms with Gasteiger partial charge in [-0.1, -0.05) is 11.1 Å². The van der Waals surface area contributed by atoms with Crippen LogP contribution in [0.2, 0.25) is 12.1 Å². The fourth-order valence-corrected chi connectivity index (χ4v) is 6.10. The molecule has 8 heteroatoms. The van der Waals surface area contributed by atoms with Crippen molar-refractivity contribution in [2.75, 3.05) is 35.5 Å². The van der Waals surface area contributed by atoms with Crippen LogP contribution in [0.15, 0.2) is 0 Å². The Morgan fingerprint density at radius 2 is 1.13 bits per heavy atom. The van der Waals surface area contributed by atoms with Crippen LogP contribution >= 0.6 is 11.1 Å². The molecule has 0 saturated carbocycles. The normalized spacial score (nSPS) is 13.2. The second-order valence-electron chi connectivity index (χ2n) is 2.86. The van der Waals surface area contributed by atoms with E-state index in [0.29, 0.717) is 12.1 Å². The molecule has 0 radical (unpaired) electrons. The van der Waals surface area contributed by atoms with Crippen molar-refractivity contribution in [1.82, 2.24) is 0 Å². The van der Waals surface area contributed by atoms with Gasteiger partial charge in [-0.2, -0.15) is 0 Å². The molecule has 0 aliphatic carbocycles. The number of rotatable bonds is 8. The Labute approximate surface area is 97.9 Å². The molecular weight excluding hydrogens is 256 g/mol. The molecule has 15 heavy (non-hydrogen) atoms. The highest BCUT2D eigenvalue weighted by Crippen LogP contribution is 2.25. The third-order valence-electron chi connectivity index (χ3n) is 2.27. The Morgan fingerprint density at radius 3 is 1.40 bits per heavy atom. The first kappa shape index (κ1) is 15.5. The van der Waals surface area contributed by atoms with E-state index in [1.54, 1.807) is 35.5 Å². The summed E-state index contributed by atoms with van der Waals surface area (Å²) in [6, 6.07) is 1.14. The molecule has 0 atom stereocenters. The smallest absolute Gasteiger partial charge is 0.386 e. The lowest BCUT2D eigenvalue weighted by Gasteiger charge is -2.27. The van der Waals surface area contributed by atoms with E-state index >= 15 is 0 Å². The van der Waals surface area contributed by atoms with Gasteiger partial charge in [0.1, 0.15) is 0 Å². The maximum absolute atomic E-state index is 6.14. The molecule has 0 rings (SSSR count). The van der Waals surface area contributed by atoms with Crippen LogP contribution in [-0.4, -0.2) is 52.2 Å². The number of hydrogen-bond donors (Lipinski definition) is 0. The van der Waals surface area contributed by atoms with Gasteiger partial charge in [-0.3, -0.25) is 0 Å². The summed E-state index contributed by atoms with van der Waals surface area (Å²) < 4.78 is 26.1. The van der Waals surface area contributed by atoms with Crippen molar-refractivity contribution in [1.29, 1.82) is 0 Å². The van der Waals surface area contributed by atoms with Crippen molar-refractivity contribution >= 4 is 27.8 Å². The first-order chi connectivity index (χ1) is 7.01. The fraction of sp³-hybridized carbons (Fsp3) is 1.00. The van der Waals surface area contributed by atoms with Crippen LogP contribution in [-0.2, 0) is 22.1 Å². The Hall–Kier alpha value is 0.524. The molecule has 0 spiro atoms. The van der Waals surface area contributed by atoms with Gasteiger partial charge < -0.3 is 22.1 Å². The predicted octanol–water partition coefficient (Wildman–Crippen LogP) is 1.33. The van der Waals surface area contributed by atoms with Gasteiger partial charge in [0, 0.05) is 47.6 Å². The van der Waals surface area contributed by atoms with Crippen LogP contribution in [0.5, 0.6) is 0 Å². The third kappa shape index (κ3) is 4.49. The van der Waals surface area contributed by atoms with Crippen LogP contribution < -0.4 is 0 Å². The molecule has 92 valence electrons. The van der Waals surface area contributed by atoms with E-state index in [2.05, 4.69) is 0 Å². The summed E-state index contributed by atoms with van der Waals surface area (Å²) in [5, 5.41) is 0. The zero-order chi connectivity index (χ0) is 11.9. The molecule has 0 bridgehead atoms. The summed E-state index contributed by atoms with van der Waals surface area (Å²) in [4.78, 5) is 0. The van der Waals surface area contributed by atoms with E-state index in [0.717, 1.165) is 0 Å². The van der Waals surface area contributed by atoms with Crippen LogP contribution in [0.3, 0.4) is 0 Å². The van der Waals surface area contributed by atoms with Crippen LogP contribution in [0.1, 0.15) is 0 Å². The summed E-state index contributed by atoms with van der Waals surface area (Å²) in [6.07, 6.45) is 0. The van der Waals surface area contributed by atoms with E-state index in [-0.39, 0.29) is 0 Å². The van der Waals surface area contributed by atoms with Crippen molar-refractivity contribution in [3.05, 3.63) is 0 Å². The van der Waals surface area contributed by atoms with Crippen molar-refractivity contribution in [3.63, 3.8) is 0 Å². The molecule has 0 aliphatic rings. The summed E-state index contributed by atoms with van der Waals surface area (Å²) in [5.41, 5.74) is 0. The van der Waals surface area contributed by atoms with E-state index in [4.69, 9.17) is 33.2 Å². The zero-order valence-electron chi connectivity index (χ0n) is 9.83. The first-order valence-corrected chi connectivity index (χ1v) is 9.43. The lowest BCUT2D eigenvalue weighted by Crippen LogP contribution is -2.45. The molecule has 0 N–H and O–H groups in total. The average molecular weight is 275 g/mol.